The maximum Gasteiger partial charge on any atom is 0.227 e. The number of aryl methyl sites for hydroxylation is 2. The third kappa shape index (κ3) is 3.55. The fraction of sp³-hybridized carbons (Fsp3) is 0.556. The Kier molecular flexibility index (Phi) is 4.66. The van der Waals surface area contributed by atoms with Gasteiger partial charge in [-0.25, -0.2) is 0 Å². The molecule has 0 aromatic heterocycles. The maximum atomic E-state index is 12.3. The number of nitrogens with zero attached hydrogens (tertiary/aromatic N) is 1. The van der Waals surface area contributed by atoms with Crippen molar-refractivity contribution in [3.05, 3.63) is 29.3 Å². The molecule has 5 heteroatoms. The maximum absolute atomic E-state index is 12.3. The van der Waals surface area contributed by atoms with Crippen molar-refractivity contribution in [2.75, 3.05) is 24.6 Å². The van der Waals surface area contributed by atoms with E-state index in [-0.39, 0.29) is 30.3 Å². The molecule has 124 valence electrons. The highest BCUT2D eigenvalue weighted by atomic mass is 16.5. The first-order valence-corrected chi connectivity index (χ1v) is 8.31. The van der Waals surface area contributed by atoms with Crippen LogP contribution in [0.2, 0.25) is 0 Å². The zero-order valence-electron chi connectivity index (χ0n) is 13.8. The van der Waals surface area contributed by atoms with E-state index in [1.54, 1.807) is 4.90 Å². The molecule has 0 radical (unpaired) electrons. The first kappa shape index (κ1) is 16.0. The minimum atomic E-state index is -0.274. The van der Waals surface area contributed by atoms with Crippen molar-refractivity contribution < 1.29 is 14.3 Å². The number of hydrogen-bond acceptors (Lipinski definition) is 3. The zero-order chi connectivity index (χ0) is 16.4. The molecule has 0 bridgehead atoms. The first-order chi connectivity index (χ1) is 11.0. The van der Waals surface area contributed by atoms with E-state index < -0.39 is 0 Å². The molecule has 2 aliphatic heterocycles. The highest BCUT2D eigenvalue weighted by Crippen LogP contribution is 2.28. The second-order valence-electron chi connectivity index (χ2n) is 6.58. The van der Waals surface area contributed by atoms with Crippen LogP contribution in [-0.4, -0.2) is 37.6 Å². The van der Waals surface area contributed by atoms with Gasteiger partial charge in [-0.3, -0.25) is 9.59 Å². The number of rotatable bonds is 4. The predicted octanol–water partition coefficient (Wildman–Crippen LogP) is 1.95. The van der Waals surface area contributed by atoms with Gasteiger partial charge in [0.15, 0.2) is 0 Å². The first-order valence-electron chi connectivity index (χ1n) is 8.31. The summed E-state index contributed by atoms with van der Waals surface area (Å²) in [5, 5.41) is 2.94. The predicted molar refractivity (Wildman–Crippen MR) is 88.4 cm³/mol. The van der Waals surface area contributed by atoms with Gasteiger partial charge in [-0.05, 0) is 43.9 Å². The largest absolute Gasteiger partial charge is 0.376 e. The minimum absolute atomic E-state index is 0.0240. The van der Waals surface area contributed by atoms with Crippen LogP contribution in [0, 0.1) is 19.8 Å². The molecule has 1 N–H and O–H groups in total. The summed E-state index contributed by atoms with van der Waals surface area (Å²) in [4.78, 5) is 26.4. The number of amides is 2. The van der Waals surface area contributed by atoms with Gasteiger partial charge in [0.05, 0.1) is 12.0 Å². The van der Waals surface area contributed by atoms with Crippen molar-refractivity contribution in [3.8, 4) is 0 Å². The number of ether oxygens (including phenoxy) is 1. The fourth-order valence-electron chi connectivity index (χ4n) is 3.29. The molecule has 0 saturated carbocycles. The van der Waals surface area contributed by atoms with Crippen LogP contribution in [-0.2, 0) is 14.3 Å². The monoisotopic (exact) mass is 316 g/mol. The Bertz CT molecular complexity index is 608. The molecule has 2 saturated heterocycles. The molecule has 1 aromatic carbocycles. The Morgan fingerprint density at radius 3 is 2.96 bits per heavy atom. The standard InChI is InChI=1S/C18H24N2O3/c1-12-5-6-13(2)16(8-12)20-11-14(9-17(20)21)18(22)19-10-15-4-3-7-23-15/h5-6,8,14-15H,3-4,7,9-11H2,1-2H3,(H,19,22). The van der Waals surface area contributed by atoms with Gasteiger partial charge in [0.1, 0.15) is 0 Å². The van der Waals surface area contributed by atoms with Crippen LogP contribution in [0.3, 0.4) is 0 Å². The Balaban J connectivity index is 1.62. The lowest BCUT2D eigenvalue weighted by molar-refractivity contribution is -0.126. The normalized spacial score (nSPS) is 24.3. The topological polar surface area (TPSA) is 58.6 Å². The van der Waals surface area contributed by atoms with E-state index in [0.29, 0.717) is 13.1 Å². The Hall–Kier alpha value is -1.88. The molecule has 2 aliphatic rings. The summed E-state index contributed by atoms with van der Waals surface area (Å²) < 4.78 is 5.51. The van der Waals surface area contributed by atoms with Gasteiger partial charge in [0, 0.05) is 31.8 Å². The van der Waals surface area contributed by atoms with Gasteiger partial charge in [0.25, 0.3) is 0 Å². The zero-order valence-corrected chi connectivity index (χ0v) is 13.8. The SMILES string of the molecule is Cc1ccc(C)c(N2CC(C(=O)NCC3CCCO3)CC2=O)c1. The lowest BCUT2D eigenvalue weighted by atomic mass is 10.1. The van der Waals surface area contributed by atoms with Gasteiger partial charge in [-0.1, -0.05) is 12.1 Å². The molecule has 23 heavy (non-hydrogen) atoms. The smallest absolute Gasteiger partial charge is 0.227 e. The van der Waals surface area contributed by atoms with E-state index in [4.69, 9.17) is 4.74 Å². The number of benzene rings is 1. The quantitative estimate of drug-likeness (QED) is 0.924. The summed E-state index contributed by atoms with van der Waals surface area (Å²) in [7, 11) is 0. The molecule has 2 unspecified atom stereocenters. The van der Waals surface area contributed by atoms with E-state index in [2.05, 4.69) is 5.32 Å². The lowest BCUT2D eigenvalue weighted by Gasteiger charge is -2.20. The van der Waals surface area contributed by atoms with Crippen molar-refractivity contribution >= 4 is 17.5 Å². The van der Waals surface area contributed by atoms with E-state index >= 15 is 0 Å². The van der Waals surface area contributed by atoms with Crippen molar-refractivity contribution in [2.24, 2.45) is 5.92 Å². The Labute approximate surface area is 137 Å². The summed E-state index contributed by atoms with van der Waals surface area (Å²) in [5.41, 5.74) is 3.10. The van der Waals surface area contributed by atoms with E-state index in [0.717, 1.165) is 36.3 Å². The molecule has 2 heterocycles. The van der Waals surface area contributed by atoms with Crippen LogP contribution in [0.25, 0.3) is 0 Å². The molecule has 1 aromatic rings. The average Bonchev–Trinajstić information content (AvgIpc) is 3.17. The molecule has 2 atom stereocenters. The average molecular weight is 316 g/mol. The molecular weight excluding hydrogens is 292 g/mol. The summed E-state index contributed by atoms with van der Waals surface area (Å²) in [5.74, 6) is -0.290. The van der Waals surface area contributed by atoms with Gasteiger partial charge in [0.2, 0.25) is 11.8 Å². The van der Waals surface area contributed by atoms with E-state index in [9.17, 15) is 9.59 Å². The highest BCUT2D eigenvalue weighted by molar-refractivity contribution is 6.00. The fourth-order valence-corrected chi connectivity index (χ4v) is 3.29. The Morgan fingerprint density at radius 1 is 1.39 bits per heavy atom. The molecule has 2 amide bonds. The lowest BCUT2D eigenvalue weighted by Crippen LogP contribution is -2.37. The van der Waals surface area contributed by atoms with Gasteiger partial charge in [-0.15, -0.1) is 0 Å². The van der Waals surface area contributed by atoms with Gasteiger partial charge < -0.3 is 15.0 Å². The molecule has 3 rings (SSSR count). The van der Waals surface area contributed by atoms with Crippen LogP contribution < -0.4 is 10.2 Å². The molecular formula is C18H24N2O3. The number of carbonyl (C=O) groups excluding carboxylic acids is 2. The van der Waals surface area contributed by atoms with Crippen LogP contribution in [0.4, 0.5) is 5.69 Å². The van der Waals surface area contributed by atoms with Crippen molar-refractivity contribution in [1.82, 2.24) is 5.32 Å². The van der Waals surface area contributed by atoms with Crippen LogP contribution in [0.15, 0.2) is 18.2 Å². The number of hydrogen-bond donors (Lipinski definition) is 1. The third-order valence-corrected chi connectivity index (χ3v) is 4.68. The molecule has 0 spiro atoms. The van der Waals surface area contributed by atoms with Crippen LogP contribution in [0.5, 0.6) is 0 Å². The molecule has 5 nitrogen and oxygen atoms in total. The minimum Gasteiger partial charge on any atom is -0.376 e. The Morgan fingerprint density at radius 2 is 2.22 bits per heavy atom. The number of nitrogens with one attached hydrogen (secondary N) is 1. The summed E-state index contributed by atoms with van der Waals surface area (Å²) in [6.07, 6.45) is 2.47. The highest BCUT2D eigenvalue weighted by Gasteiger charge is 2.35. The molecule has 0 aliphatic carbocycles. The molecule has 2 fully saturated rings. The summed E-state index contributed by atoms with van der Waals surface area (Å²) >= 11 is 0. The van der Waals surface area contributed by atoms with Gasteiger partial charge in [-0.2, -0.15) is 0 Å². The van der Waals surface area contributed by atoms with E-state index in [1.807, 2.05) is 32.0 Å². The summed E-state index contributed by atoms with van der Waals surface area (Å²) in [6.45, 7) is 5.79. The number of anilines is 1. The number of carbonyl (C=O) groups is 2. The van der Waals surface area contributed by atoms with Crippen molar-refractivity contribution in [2.45, 2.75) is 39.2 Å². The van der Waals surface area contributed by atoms with Crippen LogP contribution in [0.1, 0.15) is 30.4 Å². The third-order valence-electron chi connectivity index (χ3n) is 4.68. The van der Waals surface area contributed by atoms with E-state index in [1.165, 1.54) is 0 Å². The van der Waals surface area contributed by atoms with Gasteiger partial charge >= 0.3 is 0 Å². The summed E-state index contributed by atoms with van der Waals surface area (Å²) in [6, 6.07) is 6.06. The van der Waals surface area contributed by atoms with Crippen LogP contribution >= 0.6 is 0 Å². The van der Waals surface area contributed by atoms with Crippen molar-refractivity contribution in [1.29, 1.82) is 0 Å². The second-order valence-corrected chi connectivity index (χ2v) is 6.58. The van der Waals surface area contributed by atoms with Crippen molar-refractivity contribution in [3.63, 3.8) is 0 Å². The second kappa shape index (κ2) is 6.71.